The molecule has 0 bridgehead atoms. The Morgan fingerprint density at radius 2 is 1.73 bits per heavy atom. The number of aromatic nitrogens is 1. The minimum atomic E-state index is -0.997. The monoisotopic (exact) mass is 771 g/mol. The minimum absolute atomic E-state index is 0.0163. The summed E-state index contributed by atoms with van der Waals surface area (Å²) in [4.78, 5) is 56.9. The number of pyridine rings is 1. The molecule has 0 spiro atoms. The highest BCUT2D eigenvalue weighted by Gasteiger charge is 2.43. The van der Waals surface area contributed by atoms with Crippen molar-refractivity contribution in [1.82, 2.24) is 9.88 Å². The summed E-state index contributed by atoms with van der Waals surface area (Å²) >= 11 is 0. The number of primary amides is 1. The molecular weight excluding hydrogens is 710 g/mol. The van der Waals surface area contributed by atoms with Gasteiger partial charge in [-0.2, -0.15) is 0 Å². The molecule has 14 nitrogen and oxygen atoms in total. The number of nitrogens with two attached hydrogens (primary N) is 1. The number of ether oxygens (including phenoxy) is 7. The topological polar surface area (TPSA) is 175 Å². The average Bonchev–Trinajstić information content (AvgIpc) is 3.55. The van der Waals surface area contributed by atoms with Crippen LogP contribution >= 0.6 is 0 Å². The molecule has 1 saturated heterocycles. The number of nitrogens with zero attached hydrogens (tertiary/aromatic N) is 2. The smallest absolute Gasteiger partial charge is 0.493 e. The number of methoxy groups -OCH3 is 2. The number of carbonyl (C=O) groups is 4. The largest absolute Gasteiger partial charge is 0.511 e. The van der Waals surface area contributed by atoms with Gasteiger partial charge in [-0.3, -0.25) is 19.5 Å². The summed E-state index contributed by atoms with van der Waals surface area (Å²) in [7, 11) is 3.25. The number of amides is 2. The maximum absolute atomic E-state index is 13.7. The Hall–Kier alpha value is -4.43. The Balaban J connectivity index is 1.80. The molecule has 0 radical (unpaired) electrons. The molecule has 55 heavy (non-hydrogen) atoms. The zero-order valence-corrected chi connectivity index (χ0v) is 33.7. The molecule has 0 unspecified atom stereocenters. The first-order chi connectivity index (χ1) is 26.2. The number of Topliss-reactive ketones (excluding diaryl/α,β-unsaturated/α-hetero) is 1. The highest BCUT2D eigenvalue weighted by Crippen LogP contribution is 2.36. The van der Waals surface area contributed by atoms with Crippen LogP contribution in [0, 0.1) is 29.1 Å². The van der Waals surface area contributed by atoms with Gasteiger partial charge in [0.1, 0.15) is 19.1 Å². The summed E-state index contributed by atoms with van der Waals surface area (Å²) in [5, 5.41) is 0. The molecule has 0 saturated carbocycles. The van der Waals surface area contributed by atoms with Gasteiger partial charge in [0.15, 0.2) is 11.5 Å². The van der Waals surface area contributed by atoms with Crippen LogP contribution in [-0.4, -0.2) is 86.9 Å². The standard InChI is InChI=1S/C41H61N3O11/c1-27(2)31(19-29-12-13-35(50-8)37(20-29)51-18-10-17-49-7)21-33-36(22-32(28(3)4)34(45)14-15-41(5,6)38(42)46)53-25-44(33)39(47)54-26-55-40(48)52-24-30-11-9-16-43-23-30/h9,11-13,16,20,23,27-28,31-33,36H,10,14-15,17-19,21-22,24-26H2,1-8H3,(H2,42,46)/t31-,32-,33-,36-/m0/s1. The molecule has 1 aromatic heterocycles. The lowest BCUT2D eigenvalue weighted by atomic mass is 9.78. The van der Waals surface area contributed by atoms with Gasteiger partial charge >= 0.3 is 12.2 Å². The lowest BCUT2D eigenvalue weighted by Gasteiger charge is -2.33. The van der Waals surface area contributed by atoms with E-state index in [0.717, 1.165) is 12.0 Å². The Bertz CT molecular complexity index is 1520. The zero-order valence-electron chi connectivity index (χ0n) is 33.7. The summed E-state index contributed by atoms with van der Waals surface area (Å²) in [5.41, 5.74) is 6.48. The summed E-state index contributed by atoms with van der Waals surface area (Å²) in [6.45, 7) is 12.0. The van der Waals surface area contributed by atoms with E-state index in [1.165, 1.54) is 4.90 Å². The molecule has 1 fully saturated rings. The number of hydrogen-bond donors (Lipinski definition) is 1. The van der Waals surface area contributed by atoms with Crippen molar-refractivity contribution >= 4 is 23.9 Å². The lowest BCUT2D eigenvalue weighted by Crippen LogP contribution is -2.43. The third-order valence-corrected chi connectivity index (χ3v) is 10.3. The second kappa shape index (κ2) is 22.2. The molecule has 0 aliphatic carbocycles. The first-order valence-electron chi connectivity index (χ1n) is 19.0. The molecule has 1 aliphatic rings. The minimum Gasteiger partial charge on any atom is -0.493 e. The van der Waals surface area contributed by atoms with Crippen molar-refractivity contribution in [2.24, 2.45) is 34.8 Å². The SMILES string of the molecule is COCCCOc1cc(C[C@@H](C[C@H]2[C@H](C[C@H](C(=O)CCC(C)(C)C(N)=O)C(C)C)OCN2C(=O)OCOC(=O)OCc2cccnc2)C(C)C)ccc1OC. The van der Waals surface area contributed by atoms with Crippen molar-refractivity contribution in [3.05, 3.63) is 53.9 Å². The molecule has 306 valence electrons. The normalized spacial score (nSPS) is 16.8. The van der Waals surface area contributed by atoms with Crippen LogP contribution in [0.15, 0.2) is 42.7 Å². The second-order valence-corrected chi connectivity index (χ2v) is 15.4. The van der Waals surface area contributed by atoms with E-state index in [1.807, 2.05) is 32.0 Å². The third-order valence-electron chi connectivity index (χ3n) is 10.3. The van der Waals surface area contributed by atoms with Crippen molar-refractivity contribution < 1.29 is 52.3 Å². The lowest BCUT2D eigenvalue weighted by molar-refractivity contribution is -0.129. The van der Waals surface area contributed by atoms with Crippen molar-refractivity contribution in [3.8, 4) is 11.5 Å². The molecule has 1 aliphatic heterocycles. The van der Waals surface area contributed by atoms with E-state index in [1.54, 1.807) is 52.6 Å². The quantitative estimate of drug-likeness (QED) is 0.0720. The van der Waals surface area contributed by atoms with Crippen LogP contribution in [0.1, 0.15) is 84.8 Å². The fourth-order valence-electron chi connectivity index (χ4n) is 6.47. The van der Waals surface area contributed by atoms with Gasteiger partial charge in [-0.15, -0.1) is 0 Å². The van der Waals surface area contributed by atoms with Crippen molar-refractivity contribution in [2.45, 2.75) is 98.8 Å². The van der Waals surface area contributed by atoms with Crippen LogP contribution in [0.4, 0.5) is 9.59 Å². The van der Waals surface area contributed by atoms with E-state index in [4.69, 9.17) is 38.9 Å². The van der Waals surface area contributed by atoms with E-state index in [2.05, 4.69) is 18.8 Å². The van der Waals surface area contributed by atoms with E-state index >= 15 is 0 Å². The first-order valence-corrected chi connectivity index (χ1v) is 19.0. The van der Waals surface area contributed by atoms with Crippen LogP contribution in [0.3, 0.4) is 0 Å². The molecule has 3 rings (SSSR count). The third kappa shape index (κ3) is 14.3. The van der Waals surface area contributed by atoms with Crippen LogP contribution in [0.25, 0.3) is 0 Å². The van der Waals surface area contributed by atoms with E-state index in [0.29, 0.717) is 56.0 Å². The van der Waals surface area contributed by atoms with Crippen molar-refractivity contribution in [3.63, 3.8) is 0 Å². The molecule has 2 heterocycles. The van der Waals surface area contributed by atoms with Gasteiger partial charge in [0.05, 0.1) is 25.9 Å². The molecule has 2 amide bonds. The molecule has 2 aromatic rings. The number of benzene rings is 1. The van der Waals surface area contributed by atoms with Crippen molar-refractivity contribution in [2.75, 3.05) is 41.0 Å². The van der Waals surface area contributed by atoms with Crippen LogP contribution in [-0.2, 0) is 46.3 Å². The van der Waals surface area contributed by atoms with E-state index in [9.17, 15) is 19.2 Å². The Morgan fingerprint density at radius 3 is 2.36 bits per heavy atom. The van der Waals surface area contributed by atoms with E-state index in [-0.39, 0.29) is 49.2 Å². The van der Waals surface area contributed by atoms with Gasteiger partial charge < -0.3 is 38.9 Å². The average molecular weight is 772 g/mol. The fourth-order valence-corrected chi connectivity index (χ4v) is 6.47. The summed E-state index contributed by atoms with van der Waals surface area (Å²) in [6, 6.07) is 8.90. The van der Waals surface area contributed by atoms with Gasteiger partial charge in [0, 0.05) is 55.8 Å². The summed E-state index contributed by atoms with van der Waals surface area (Å²) < 4.78 is 38.6. The second-order valence-electron chi connectivity index (χ2n) is 15.4. The molecular formula is C41H61N3O11. The van der Waals surface area contributed by atoms with Gasteiger partial charge in [-0.05, 0) is 67.2 Å². The first kappa shape index (κ1) is 45.0. The zero-order chi connectivity index (χ0) is 40.5. The number of ketones is 1. The highest BCUT2D eigenvalue weighted by atomic mass is 16.8. The van der Waals surface area contributed by atoms with Gasteiger partial charge in [-0.25, -0.2) is 9.59 Å². The van der Waals surface area contributed by atoms with Crippen LogP contribution in [0.2, 0.25) is 0 Å². The number of hydrogen-bond acceptors (Lipinski definition) is 12. The molecule has 14 heteroatoms. The maximum Gasteiger partial charge on any atom is 0.511 e. The van der Waals surface area contributed by atoms with Crippen LogP contribution in [0.5, 0.6) is 11.5 Å². The Labute approximate surface area is 325 Å². The summed E-state index contributed by atoms with van der Waals surface area (Å²) in [5.74, 6) is 0.690. The molecule has 4 atom stereocenters. The summed E-state index contributed by atoms with van der Waals surface area (Å²) in [6.07, 6.45) is 3.79. The highest BCUT2D eigenvalue weighted by molar-refractivity contribution is 5.84. The molecule has 1 aromatic carbocycles. The number of rotatable bonds is 23. The van der Waals surface area contributed by atoms with Crippen LogP contribution < -0.4 is 15.2 Å². The Kier molecular flexibility index (Phi) is 18.2. The predicted molar refractivity (Wildman–Crippen MR) is 204 cm³/mol. The predicted octanol–water partition coefficient (Wildman–Crippen LogP) is 6.71. The fraction of sp³-hybridized carbons (Fsp3) is 0.634. The van der Waals surface area contributed by atoms with Gasteiger partial charge in [-0.1, -0.05) is 53.7 Å². The van der Waals surface area contributed by atoms with Gasteiger partial charge in [0.2, 0.25) is 12.7 Å². The maximum atomic E-state index is 13.7. The molecule has 2 N–H and O–H groups in total. The van der Waals surface area contributed by atoms with Crippen molar-refractivity contribution in [1.29, 1.82) is 0 Å². The van der Waals surface area contributed by atoms with Gasteiger partial charge in [0.25, 0.3) is 0 Å². The Morgan fingerprint density at radius 1 is 0.964 bits per heavy atom. The number of carbonyl (C=O) groups excluding carboxylic acids is 4. The van der Waals surface area contributed by atoms with E-state index < -0.39 is 42.5 Å².